The first-order chi connectivity index (χ1) is 24.1. The van der Waals surface area contributed by atoms with E-state index in [1.54, 1.807) is 24.3 Å². The highest BCUT2D eigenvalue weighted by Gasteiger charge is 2.19. The summed E-state index contributed by atoms with van der Waals surface area (Å²) in [4.78, 5) is 47.4. The third kappa shape index (κ3) is 10.8. The molecule has 0 spiro atoms. The van der Waals surface area contributed by atoms with Crippen LogP contribution in [0.4, 0.5) is 0 Å². The second-order valence-electron chi connectivity index (χ2n) is 10.5. The molecule has 4 aromatic rings. The monoisotopic (exact) mass is 698 g/mol. The van der Waals surface area contributed by atoms with Crippen molar-refractivity contribution in [1.29, 1.82) is 0 Å². The van der Waals surface area contributed by atoms with Gasteiger partial charge in [-0.25, -0.2) is 27.6 Å². The predicted octanol–water partition coefficient (Wildman–Crippen LogP) is 6.72. The van der Waals surface area contributed by atoms with Gasteiger partial charge in [0, 0.05) is 12.2 Å². The van der Waals surface area contributed by atoms with Gasteiger partial charge in [-0.1, -0.05) is 13.2 Å². The quantitative estimate of drug-likeness (QED) is 0.0501. The summed E-state index contributed by atoms with van der Waals surface area (Å²) in [5.41, 5.74) is 0.475. The van der Waals surface area contributed by atoms with Crippen LogP contribution in [0.3, 0.4) is 0 Å². The van der Waals surface area contributed by atoms with E-state index >= 15 is 0 Å². The first-order valence-electron chi connectivity index (χ1n) is 15.4. The summed E-state index contributed by atoms with van der Waals surface area (Å²) in [6.07, 6.45) is 5.55. The summed E-state index contributed by atoms with van der Waals surface area (Å²) in [6, 6.07) is 22.9. The molecule has 0 bridgehead atoms. The molecule has 0 aromatic heterocycles. The Labute approximate surface area is 289 Å². The fraction of sp³-hybridized carbons (Fsp3) is 0.158. The van der Waals surface area contributed by atoms with Crippen LogP contribution in [0, 0.1) is 0 Å². The Kier molecular flexibility index (Phi) is 13.2. The summed E-state index contributed by atoms with van der Waals surface area (Å²) >= 11 is 0. The first-order valence-corrected chi connectivity index (χ1v) is 16.9. The Morgan fingerprint density at radius 2 is 0.900 bits per heavy atom. The van der Waals surface area contributed by atoms with Gasteiger partial charge in [0.2, 0.25) is 9.84 Å². The van der Waals surface area contributed by atoms with Gasteiger partial charge in [0.25, 0.3) is 0 Å². The van der Waals surface area contributed by atoms with E-state index in [9.17, 15) is 27.6 Å². The summed E-state index contributed by atoms with van der Waals surface area (Å²) in [6.45, 7) is 7.53. The van der Waals surface area contributed by atoms with E-state index in [0.29, 0.717) is 19.0 Å². The van der Waals surface area contributed by atoms with Gasteiger partial charge in [-0.05, 0) is 123 Å². The number of sulfone groups is 1. The van der Waals surface area contributed by atoms with Crippen molar-refractivity contribution < 1.29 is 51.3 Å². The van der Waals surface area contributed by atoms with Crippen molar-refractivity contribution in [3.05, 3.63) is 133 Å². The van der Waals surface area contributed by atoms with Gasteiger partial charge in [-0.2, -0.15) is 0 Å². The molecule has 0 amide bonds. The average Bonchev–Trinajstić information content (AvgIpc) is 3.13. The average molecular weight is 699 g/mol. The second-order valence-corrected chi connectivity index (χ2v) is 12.5. The van der Waals surface area contributed by atoms with Gasteiger partial charge in [0.05, 0.1) is 34.1 Å². The molecule has 0 unspecified atom stereocenters. The SMILES string of the molecule is C=CC(=O)OCCCCCCOc1ccc(C(=O)Oc2ccc(S(=O)(=O)c3ccc(OC(=O)c4ccc(OC(=O)C=C)cc4)cc3)cc2)cc1. The van der Waals surface area contributed by atoms with E-state index in [-0.39, 0.29) is 38.2 Å². The number of hydrogen-bond donors (Lipinski definition) is 0. The minimum absolute atomic E-state index is 0.0306. The highest BCUT2D eigenvalue weighted by molar-refractivity contribution is 7.91. The number of esters is 4. The van der Waals surface area contributed by atoms with Crippen molar-refractivity contribution in [1.82, 2.24) is 0 Å². The standard InChI is InChI=1S/C38H34O11S/c1-3-35(39)46-26-8-6-5-7-25-45-29-13-9-27(10-14-29)37(41)48-31-17-21-33(22-18-31)50(43,44)34-23-19-32(20-24-34)49-38(42)28-11-15-30(16-12-28)47-36(40)4-2/h3-4,9-24H,1-2,5-8,25-26H2. The van der Waals surface area contributed by atoms with Crippen LogP contribution in [0.1, 0.15) is 46.4 Å². The lowest BCUT2D eigenvalue weighted by atomic mass is 10.2. The second kappa shape index (κ2) is 17.9. The maximum absolute atomic E-state index is 13.2. The highest BCUT2D eigenvalue weighted by Crippen LogP contribution is 2.26. The zero-order valence-electron chi connectivity index (χ0n) is 26.9. The van der Waals surface area contributed by atoms with Crippen molar-refractivity contribution in [3.63, 3.8) is 0 Å². The number of benzene rings is 4. The van der Waals surface area contributed by atoms with Gasteiger partial charge in [0.1, 0.15) is 23.0 Å². The number of ether oxygens (including phenoxy) is 5. The molecule has 0 radical (unpaired) electrons. The van der Waals surface area contributed by atoms with Gasteiger partial charge in [-0.3, -0.25) is 0 Å². The van der Waals surface area contributed by atoms with Crippen LogP contribution in [0.25, 0.3) is 0 Å². The molecule has 4 aromatic carbocycles. The number of hydrogen-bond acceptors (Lipinski definition) is 11. The van der Waals surface area contributed by atoms with Gasteiger partial charge in [0.15, 0.2) is 0 Å². The Bertz CT molecular complexity index is 1910. The molecule has 11 nitrogen and oxygen atoms in total. The fourth-order valence-electron chi connectivity index (χ4n) is 4.33. The molecule has 258 valence electrons. The summed E-state index contributed by atoms with van der Waals surface area (Å²) < 4.78 is 52.8. The Morgan fingerprint density at radius 1 is 0.500 bits per heavy atom. The normalized spacial score (nSPS) is 10.7. The molecule has 0 heterocycles. The van der Waals surface area contributed by atoms with E-state index in [1.807, 2.05) is 0 Å². The molecule has 0 saturated carbocycles. The number of carbonyl (C=O) groups is 4. The highest BCUT2D eigenvalue weighted by atomic mass is 32.2. The Hall–Kier alpha value is -6.01. The van der Waals surface area contributed by atoms with E-state index in [1.165, 1.54) is 72.8 Å². The maximum Gasteiger partial charge on any atom is 0.343 e. The van der Waals surface area contributed by atoms with E-state index in [2.05, 4.69) is 13.2 Å². The van der Waals surface area contributed by atoms with Crippen molar-refractivity contribution in [2.45, 2.75) is 35.5 Å². The summed E-state index contributed by atoms with van der Waals surface area (Å²) in [7, 11) is -3.94. The first kappa shape index (κ1) is 36.8. The van der Waals surface area contributed by atoms with Crippen LogP contribution in [0.2, 0.25) is 0 Å². The third-order valence-corrected chi connectivity index (χ3v) is 8.76. The lowest BCUT2D eigenvalue weighted by molar-refractivity contribution is -0.137. The summed E-state index contributed by atoms with van der Waals surface area (Å²) in [5, 5.41) is 0. The largest absolute Gasteiger partial charge is 0.494 e. The molecule has 0 N–H and O–H groups in total. The molecule has 0 aliphatic rings. The molecule has 0 atom stereocenters. The van der Waals surface area contributed by atoms with Crippen molar-refractivity contribution in [2.24, 2.45) is 0 Å². The predicted molar refractivity (Wildman–Crippen MR) is 182 cm³/mol. The minimum atomic E-state index is -3.94. The van der Waals surface area contributed by atoms with Crippen LogP contribution < -0.4 is 18.9 Å². The van der Waals surface area contributed by atoms with Gasteiger partial charge in [-0.15, -0.1) is 0 Å². The van der Waals surface area contributed by atoms with E-state index in [4.69, 9.17) is 23.7 Å². The van der Waals surface area contributed by atoms with Crippen LogP contribution in [0.15, 0.2) is 132 Å². The number of unbranched alkanes of at least 4 members (excludes halogenated alkanes) is 3. The Balaban J connectivity index is 1.24. The lowest BCUT2D eigenvalue weighted by Crippen LogP contribution is -2.09. The van der Waals surface area contributed by atoms with E-state index < -0.39 is 33.7 Å². The lowest BCUT2D eigenvalue weighted by Gasteiger charge is -2.09. The van der Waals surface area contributed by atoms with Crippen molar-refractivity contribution >= 4 is 33.7 Å². The minimum Gasteiger partial charge on any atom is -0.494 e. The van der Waals surface area contributed by atoms with Crippen LogP contribution in [-0.4, -0.2) is 45.5 Å². The van der Waals surface area contributed by atoms with Gasteiger partial charge < -0.3 is 23.7 Å². The molecule has 0 aliphatic heterocycles. The molecule has 0 fully saturated rings. The van der Waals surface area contributed by atoms with Crippen molar-refractivity contribution in [3.8, 4) is 23.0 Å². The molecular weight excluding hydrogens is 664 g/mol. The zero-order chi connectivity index (χ0) is 35.9. The Morgan fingerprint density at radius 3 is 1.36 bits per heavy atom. The topological polar surface area (TPSA) is 149 Å². The molecule has 0 saturated heterocycles. The van der Waals surface area contributed by atoms with Crippen LogP contribution in [-0.2, 0) is 24.2 Å². The van der Waals surface area contributed by atoms with Crippen LogP contribution >= 0.6 is 0 Å². The van der Waals surface area contributed by atoms with E-state index in [0.717, 1.165) is 37.8 Å². The third-order valence-electron chi connectivity index (χ3n) is 6.97. The zero-order valence-corrected chi connectivity index (χ0v) is 27.8. The molecular formula is C38H34O11S. The van der Waals surface area contributed by atoms with Crippen LogP contribution in [0.5, 0.6) is 23.0 Å². The van der Waals surface area contributed by atoms with Gasteiger partial charge >= 0.3 is 23.9 Å². The van der Waals surface area contributed by atoms with Crippen molar-refractivity contribution in [2.75, 3.05) is 13.2 Å². The molecule has 50 heavy (non-hydrogen) atoms. The fourth-order valence-corrected chi connectivity index (χ4v) is 5.59. The molecule has 12 heteroatoms. The molecule has 4 rings (SSSR count). The maximum atomic E-state index is 13.2. The number of carbonyl (C=O) groups excluding carboxylic acids is 4. The number of rotatable bonds is 17. The molecule has 0 aliphatic carbocycles. The smallest absolute Gasteiger partial charge is 0.343 e. The summed E-state index contributed by atoms with van der Waals surface area (Å²) in [5.74, 6) is -1.27.